The Morgan fingerprint density at radius 2 is 2.14 bits per heavy atom. The SMILES string of the molecule is CC[C@@H](C)NC(=O)C(=O)N/N=C\c1cccc([N+](=O)[O-])c1. The molecule has 0 bridgehead atoms. The van der Waals surface area contributed by atoms with Crippen LogP contribution in [0.1, 0.15) is 25.8 Å². The second-order valence-electron chi connectivity index (χ2n) is 4.33. The number of rotatable bonds is 5. The Morgan fingerprint density at radius 3 is 2.76 bits per heavy atom. The van der Waals surface area contributed by atoms with Gasteiger partial charge in [-0.3, -0.25) is 19.7 Å². The first-order chi connectivity index (χ1) is 9.93. The van der Waals surface area contributed by atoms with Crippen molar-refractivity contribution < 1.29 is 14.5 Å². The molecule has 1 aromatic carbocycles. The first-order valence-corrected chi connectivity index (χ1v) is 6.32. The number of hydrazone groups is 1. The lowest BCUT2D eigenvalue weighted by Gasteiger charge is -2.09. The minimum atomic E-state index is -0.892. The largest absolute Gasteiger partial charge is 0.345 e. The van der Waals surface area contributed by atoms with Crippen LogP contribution in [0.4, 0.5) is 5.69 Å². The van der Waals surface area contributed by atoms with Gasteiger partial charge in [-0.05, 0) is 13.3 Å². The van der Waals surface area contributed by atoms with Crippen molar-refractivity contribution in [1.82, 2.24) is 10.7 Å². The Hall–Kier alpha value is -2.77. The van der Waals surface area contributed by atoms with Gasteiger partial charge in [0.25, 0.3) is 5.69 Å². The van der Waals surface area contributed by atoms with Gasteiger partial charge >= 0.3 is 11.8 Å². The molecule has 1 atom stereocenters. The van der Waals surface area contributed by atoms with Gasteiger partial charge in [-0.15, -0.1) is 0 Å². The molecular weight excluding hydrogens is 276 g/mol. The lowest BCUT2D eigenvalue weighted by atomic mass is 10.2. The van der Waals surface area contributed by atoms with Crippen LogP contribution in [0.5, 0.6) is 0 Å². The highest BCUT2D eigenvalue weighted by molar-refractivity contribution is 6.35. The number of nitro groups is 1. The topological polar surface area (TPSA) is 114 Å². The van der Waals surface area contributed by atoms with Crippen molar-refractivity contribution in [2.24, 2.45) is 5.10 Å². The van der Waals surface area contributed by atoms with Crippen LogP contribution in [0, 0.1) is 10.1 Å². The summed E-state index contributed by atoms with van der Waals surface area (Å²) in [4.78, 5) is 32.9. The monoisotopic (exact) mass is 292 g/mol. The zero-order valence-corrected chi connectivity index (χ0v) is 11.7. The molecule has 21 heavy (non-hydrogen) atoms. The number of amides is 2. The minimum Gasteiger partial charge on any atom is -0.345 e. The number of nitrogens with zero attached hydrogens (tertiary/aromatic N) is 2. The third-order valence-corrected chi connectivity index (χ3v) is 2.66. The Morgan fingerprint density at radius 1 is 1.43 bits per heavy atom. The molecule has 8 heteroatoms. The number of nitrogens with one attached hydrogen (secondary N) is 2. The maximum atomic E-state index is 11.4. The maximum Gasteiger partial charge on any atom is 0.329 e. The molecule has 1 rings (SSSR count). The normalized spacial score (nSPS) is 11.9. The predicted molar refractivity (Wildman–Crippen MR) is 76.7 cm³/mol. The van der Waals surface area contributed by atoms with Crippen molar-refractivity contribution in [2.75, 3.05) is 0 Å². The molecule has 0 radical (unpaired) electrons. The van der Waals surface area contributed by atoms with Crippen molar-refractivity contribution >= 4 is 23.7 Å². The van der Waals surface area contributed by atoms with Crippen LogP contribution in [0.25, 0.3) is 0 Å². The minimum absolute atomic E-state index is 0.0835. The summed E-state index contributed by atoms with van der Waals surface area (Å²) in [5.74, 6) is -1.67. The van der Waals surface area contributed by atoms with E-state index in [1.54, 1.807) is 13.0 Å². The molecule has 8 nitrogen and oxygen atoms in total. The van der Waals surface area contributed by atoms with Crippen molar-refractivity contribution in [2.45, 2.75) is 26.3 Å². The van der Waals surface area contributed by atoms with Crippen LogP contribution in [0.15, 0.2) is 29.4 Å². The van der Waals surface area contributed by atoms with E-state index in [1.165, 1.54) is 24.4 Å². The Kier molecular flexibility index (Phi) is 5.99. The van der Waals surface area contributed by atoms with Gasteiger partial charge in [0.15, 0.2) is 0 Å². The molecule has 0 heterocycles. The summed E-state index contributed by atoms with van der Waals surface area (Å²) in [5, 5.41) is 16.7. The molecule has 0 aromatic heterocycles. The highest BCUT2D eigenvalue weighted by atomic mass is 16.6. The molecule has 1 aromatic rings. The predicted octanol–water partition coefficient (Wildman–Crippen LogP) is 0.960. The van der Waals surface area contributed by atoms with Gasteiger partial charge in [0, 0.05) is 23.7 Å². The molecular formula is C13H16N4O4. The van der Waals surface area contributed by atoms with E-state index in [9.17, 15) is 19.7 Å². The van der Waals surface area contributed by atoms with E-state index in [-0.39, 0.29) is 11.7 Å². The second-order valence-corrected chi connectivity index (χ2v) is 4.33. The van der Waals surface area contributed by atoms with Crippen molar-refractivity contribution in [3.05, 3.63) is 39.9 Å². The van der Waals surface area contributed by atoms with Crippen molar-refractivity contribution in [1.29, 1.82) is 0 Å². The Labute approximate surface area is 121 Å². The summed E-state index contributed by atoms with van der Waals surface area (Å²) < 4.78 is 0. The van der Waals surface area contributed by atoms with Crippen LogP contribution >= 0.6 is 0 Å². The lowest BCUT2D eigenvalue weighted by Crippen LogP contribution is -2.41. The molecule has 0 spiro atoms. The van der Waals surface area contributed by atoms with Crippen LogP contribution in [-0.4, -0.2) is 29.0 Å². The number of carbonyl (C=O) groups excluding carboxylic acids is 2. The molecule has 0 unspecified atom stereocenters. The molecule has 2 amide bonds. The smallest absolute Gasteiger partial charge is 0.329 e. The van der Waals surface area contributed by atoms with Gasteiger partial charge in [0.1, 0.15) is 0 Å². The standard InChI is InChI=1S/C13H16N4O4/c1-3-9(2)15-12(18)13(19)16-14-8-10-5-4-6-11(7-10)17(20)21/h4-9H,3H2,1-2H3,(H,15,18)(H,16,19)/b14-8-/t9-/m1/s1. The number of non-ortho nitro benzene ring substituents is 1. The van der Waals surface area contributed by atoms with E-state index in [0.29, 0.717) is 12.0 Å². The average molecular weight is 292 g/mol. The Bertz CT molecular complexity index is 571. The number of benzene rings is 1. The summed E-state index contributed by atoms with van der Waals surface area (Å²) >= 11 is 0. The first kappa shape index (κ1) is 16.3. The zero-order valence-electron chi connectivity index (χ0n) is 11.7. The number of hydrogen-bond acceptors (Lipinski definition) is 5. The van der Waals surface area contributed by atoms with E-state index in [1.807, 2.05) is 6.92 Å². The summed E-state index contributed by atoms with van der Waals surface area (Å²) in [5.41, 5.74) is 2.41. The van der Waals surface area contributed by atoms with Crippen LogP contribution in [0.3, 0.4) is 0 Å². The fourth-order valence-electron chi connectivity index (χ4n) is 1.33. The van der Waals surface area contributed by atoms with Crippen LogP contribution in [-0.2, 0) is 9.59 Å². The maximum absolute atomic E-state index is 11.4. The molecule has 0 saturated carbocycles. The number of nitro benzene ring substituents is 1. The summed E-state index contributed by atoms with van der Waals surface area (Å²) in [6.07, 6.45) is 1.93. The fourth-order valence-corrected chi connectivity index (χ4v) is 1.33. The molecule has 2 N–H and O–H groups in total. The van der Waals surface area contributed by atoms with Gasteiger partial charge in [-0.1, -0.05) is 19.1 Å². The first-order valence-electron chi connectivity index (χ1n) is 6.32. The third kappa shape index (κ3) is 5.39. The van der Waals surface area contributed by atoms with Gasteiger partial charge < -0.3 is 5.32 Å². The van der Waals surface area contributed by atoms with E-state index >= 15 is 0 Å². The van der Waals surface area contributed by atoms with E-state index in [0.717, 1.165) is 0 Å². The summed E-state index contributed by atoms with van der Waals surface area (Å²) in [7, 11) is 0. The highest BCUT2D eigenvalue weighted by Crippen LogP contribution is 2.11. The number of hydrogen-bond donors (Lipinski definition) is 2. The molecule has 112 valence electrons. The van der Waals surface area contributed by atoms with E-state index < -0.39 is 16.7 Å². The summed E-state index contributed by atoms with van der Waals surface area (Å²) in [6, 6.07) is 5.62. The van der Waals surface area contributed by atoms with E-state index in [4.69, 9.17) is 0 Å². The third-order valence-electron chi connectivity index (χ3n) is 2.66. The lowest BCUT2D eigenvalue weighted by molar-refractivity contribution is -0.384. The molecule has 0 saturated heterocycles. The highest BCUT2D eigenvalue weighted by Gasteiger charge is 2.14. The molecule has 0 fully saturated rings. The second kappa shape index (κ2) is 7.73. The van der Waals surface area contributed by atoms with Gasteiger partial charge in [0.2, 0.25) is 0 Å². The Balaban J connectivity index is 2.58. The quantitative estimate of drug-likeness (QED) is 0.364. The number of carbonyl (C=O) groups is 2. The molecule has 0 aliphatic rings. The van der Waals surface area contributed by atoms with Crippen molar-refractivity contribution in [3.8, 4) is 0 Å². The van der Waals surface area contributed by atoms with Crippen molar-refractivity contribution in [3.63, 3.8) is 0 Å². The fraction of sp³-hybridized carbons (Fsp3) is 0.308. The van der Waals surface area contributed by atoms with Crippen LogP contribution < -0.4 is 10.7 Å². The van der Waals surface area contributed by atoms with Gasteiger partial charge in [-0.2, -0.15) is 5.10 Å². The van der Waals surface area contributed by atoms with E-state index in [2.05, 4.69) is 15.8 Å². The van der Waals surface area contributed by atoms with Gasteiger partial charge in [-0.25, -0.2) is 5.43 Å². The molecule has 0 aliphatic carbocycles. The average Bonchev–Trinajstić information content (AvgIpc) is 2.47. The molecule has 0 aliphatic heterocycles. The summed E-state index contributed by atoms with van der Waals surface area (Å²) in [6.45, 7) is 3.65. The zero-order chi connectivity index (χ0) is 15.8. The van der Waals surface area contributed by atoms with Crippen LogP contribution in [0.2, 0.25) is 0 Å². The van der Waals surface area contributed by atoms with Gasteiger partial charge in [0.05, 0.1) is 11.1 Å².